The Morgan fingerprint density at radius 2 is 2.33 bits per heavy atom. The van der Waals surface area contributed by atoms with Gasteiger partial charge in [-0.15, -0.1) is 0 Å². The lowest BCUT2D eigenvalue weighted by Crippen LogP contribution is -2.46. The Kier molecular flexibility index (Phi) is 5.07. The second-order valence-electron chi connectivity index (χ2n) is 4.62. The van der Waals surface area contributed by atoms with Gasteiger partial charge in [-0.3, -0.25) is 0 Å². The Bertz CT molecular complexity index is 221. The van der Waals surface area contributed by atoms with Crippen LogP contribution in [0.25, 0.3) is 0 Å². The normalized spacial score (nSPS) is 26.9. The maximum Gasteiger partial charge on any atom is 0.0672 e. The fraction of sp³-hybridized carbons (Fsp3) is 0.917. The van der Waals surface area contributed by atoms with Gasteiger partial charge in [-0.1, -0.05) is 6.92 Å². The molecule has 1 heterocycles. The van der Waals surface area contributed by atoms with Gasteiger partial charge in [0.05, 0.1) is 12.0 Å². The van der Waals surface area contributed by atoms with E-state index in [1.165, 1.54) is 19.4 Å². The molecule has 1 aliphatic heterocycles. The van der Waals surface area contributed by atoms with Gasteiger partial charge in [0.2, 0.25) is 0 Å². The van der Waals surface area contributed by atoms with Crippen LogP contribution >= 0.6 is 0 Å². The molecule has 0 saturated carbocycles. The van der Waals surface area contributed by atoms with Crippen molar-refractivity contribution >= 4 is 0 Å². The van der Waals surface area contributed by atoms with E-state index in [4.69, 9.17) is 5.26 Å². The standard InChI is InChI=1S/C12H23N3/c1-4-10(8-13)12(14-2)11-6-5-7-15(3)9-11/h10-12,14H,4-7,9H2,1-3H3. The lowest BCUT2D eigenvalue weighted by atomic mass is 9.82. The van der Waals surface area contributed by atoms with E-state index in [0.717, 1.165) is 13.0 Å². The average molecular weight is 209 g/mol. The highest BCUT2D eigenvalue weighted by Gasteiger charge is 2.29. The van der Waals surface area contributed by atoms with Crippen LogP contribution in [0.4, 0.5) is 0 Å². The molecule has 0 radical (unpaired) electrons. The highest BCUT2D eigenvalue weighted by molar-refractivity contribution is 4.95. The second kappa shape index (κ2) is 6.09. The first-order chi connectivity index (χ1) is 7.22. The van der Waals surface area contributed by atoms with E-state index >= 15 is 0 Å². The highest BCUT2D eigenvalue weighted by atomic mass is 15.1. The van der Waals surface area contributed by atoms with Gasteiger partial charge >= 0.3 is 0 Å². The van der Waals surface area contributed by atoms with Crippen LogP contribution in [-0.4, -0.2) is 38.1 Å². The number of hydrogen-bond donors (Lipinski definition) is 1. The summed E-state index contributed by atoms with van der Waals surface area (Å²) in [6.07, 6.45) is 3.47. The molecule has 3 heteroatoms. The minimum Gasteiger partial charge on any atom is -0.315 e. The summed E-state index contributed by atoms with van der Waals surface area (Å²) in [6.45, 7) is 4.44. The molecule has 0 bridgehead atoms. The highest BCUT2D eigenvalue weighted by Crippen LogP contribution is 2.24. The fourth-order valence-electron chi connectivity index (χ4n) is 2.69. The van der Waals surface area contributed by atoms with Crippen LogP contribution in [0.15, 0.2) is 0 Å². The van der Waals surface area contributed by atoms with Crippen molar-refractivity contribution in [2.24, 2.45) is 11.8 Å². The quantitative estimate of drug-likeness (QED) is 0.762. The fourth-order valence-corrected chi connectivity index (χ4v) is 2.69. The van der Waals surface area contributed by atoms with E-state index in [9.17, 15) is 0 Å². The van der Waals surface area contributed by atoms with Crippen molar-refractivity contribution in [2.75, 3.05) is 27.2 Å². The lowest BCUT2D eigenvalue weighted by Gasteiger charge is -2.36. The summed E-state index contributed by atoms with van der Waals surface area (Å²) in [4.78, 5) is 2.38. The number of piperidine rings is 1. The third-order valence-corrected chi connectivity index (χ3v) is 3.54. The maximum atomic E-state index is 9.12. The van der Waals surface area contributed by atoms with Gasteiger partial charge in [0.25, 0.3) is 0 Å². The number of likely N-dealkylation sites (tertiary alicyclic amines) is 1. The molecule has 1 aliphatic rings. The van der Waals surface area contributed by atoms with Gasteiger partial charge in [-0.2, -0.15) is 5.26 Å². The molecule has 0 aromatic heterocycles. The number of rotatable bonds is 4. The monoisotopic (exact) mass is 209 g/mol. The van der Waals surface area contributed by atoms with Crippen molar-refractivity contribution in [3.63, 3.8) is 0 Å². The van der Waals surface area contributed by atoms with Crippen LogP contribution < -0.4 is 5.32 Å². The zero-order valence-electron chi connectivity index (χ0n) is 10.2. The molecular weight excluding hydrogens is 186 g/mol. The summed E-state index contributed by atoms with van der Waals surface area (Å²) in [5, 5.41) is 12.5. The molecule has 0 aliphatic carbocycles. The average Bonchev–Trinajstić information content (AvgIpc) is 2.25. The molecule has 3 atom stereocenters. The molecular formula is C12H23N3. The first-order valence-electron chi connectivity index (χ1n) is 5.98. The van der Waals surface area contributed by atoms with Gasteiger partial charge < -0.3 is 10.2 Å². The van der Waals surface area contributed by atoms with Crippen molar-refractivity contribution in [2.45, 2.75) is 32.2 Å². The molecule has 86 valence electrons. The van der Waals surface area contributed by atoms with E-state index in [2.05, 4.69) is 30.3 Å². The van der Waals surface area contributed by atoms with Crippen LogP contribution in [0, 0.1) is 23.2 Å². The first kappa shape index (κ1) is 12.5. The topological polar surface area (TPSA) is 39.1 Å². The molecule has 15 heavy (non-hydrogen) atoms. The van der Waals surface area contributed by atoms with E-state index in [1.54, 1.807) is 0 Å². The summed E-state index contributed by atoms with van der Waals surface area (Å²) in [7, 11) is 4.16. The number of nitriles is 1. The molecule has 3 nitrogen and oxygen atoms in total. The third-order valence-electron chi connectivity index (χ3n) is 3.54. The summed E-state index contributed by atoms with van der Waals surface area (Å²) >= 11 is 0. The summed E-state index contributed by atoms with van der Waals surface area (Å²) in [5.41, 5.74) is 0. The van der Waals surface area contributed by atoms with Crippen LogP contribution in [0.1, 0.15) is 26.2 Å². The van der Waals surface area contributed by atoms with Crippen molar-refractivity contribution in [3.8, 4) is 6.07 Å². The Labute approximate surface area is 93.5 Å². The Morgan fingerprint density at radius 1 is 1.60 bits per heavy atom. The molecule has 3 unspecified atom stereocenters. The minimum atomic E-state index is 0.159. The molecule has 1 N–H and O–H groups in total. The zero-order valence-corrected chi connectivity index (χ0v) is 10.2. The van der Waals surface area contributed by atoms with Crippen LogP contribution in [0.3, 0.4) is 0 Å². The van der Waals surface area contributed by atoms with Gasteiger partial charge in [0, 0.05) is 12.6 Å². The van der Waals surface area contributed by atoms with Gasteiger partial charge in [-0.05, 0) is 45.8 Å². The molecule has 1 saturated heterocycles. The number of hydrogen-bond acceptors (Lipinski definition) is 3. The molecule has 0 spiro atoms. The summed E-state index contributed by atoms with van der Waals surface area (Å²) in [5.74, 6) is 0.796. The van der Waals surface area contributed by atoms with E-state index < -0.39 is 0 Å². The predicted molar refractivity (Wildman–Crippen MR) is 62.5 cm³/mol. The maximum absolute atomic E-state index is 9.12. The van der Waals surface area contributed by atoms with Crippen LogP contribution in [-0.2, 0) is 0 Å². The van der Waals surface area contributed by atoms with Crippen molar-refractivity contribution in [3.05, 3.63) is 0 Å². The lowest BCUT2D eigenvalue weighted by molar-refractivity contribution is 0.159. The number of nitrogens with zero attached hydrogens (tertiary/aromatic N) is 2. The molecule has 0 amide bonds. The summed E-state index contributed by atoms with van der Waals surface area (Å²) in [6, 6.07) is 2.80. The van der Waals surface area contributed by atoms with E-state index in [-0.39, 0.29) is 5.92 Å². The molecule has 1 fully saturated rings. The van der Waals surface area contributed by atoms with Crippen LogP contribution in [0.2, 0.25) is 0 Å². The minimum absolute atomic E-state index is 0.159. The SMILES string of the molecule is CCC(C#N)C(NC)C1CCCN(C)C1. The molecule has 0 aromatic carbocycles. The largest absolute Gasteiger partial charge is 0.315 e. The Balaban J connectivity index is 2.60. The van der Waals surface area contributed by atoms with Gasteiger partial charge in [-0.25, -0.2) is 0 Å². The van der Waals surface area contributed by atoms with Gasteiger partial charge in [0.1, 0.15) is 0 Å². The van der Waals surface area contributed by atoms with Gasteiger partial charge in [0.15, 0.2) is 0 Å². The van der Waals surface area contributed by atoms with Crippen LogP contribution in [0.5, 0.6) is 0 Å². The second-order valence-corrected chi connectivity index (χ2v) is 4.62. The zero-order chi connectivity index (χ0) is 11.3. The Hall–Kier alpha value is -0.590. The van der Waals surface area contributed by atoms with Crippen molar-refractivity contribution < 1.29 is 0 Å². The van der Waals surface area contributed by atoms with E-state index in [0.29, 0.717) is 12.0 Å². The molecule has 0 aromatic rings. The smallest absolute Gasteiger partial charge is 0.0672 e. The molecule has 1 rings (SSSR count). The predicted octanol–water partition coefficient (Wildman–Crippen LogP) is 1.47. The Morgan fingerprint density at radius 3 is 2.80 bits per heavy atom. The van der Waals surface area contributed by atoms with Crippen molar-refractivity contribution in [1.29, 1.82) is 5.26 Å². The van der Waals surface area contributed by atoms with Crippen molar-refractivity contribution in [1.82, 2.24) is 10.2 Å². The first-order valence-corrected chi connectivity index (χ1v) is 5.98. The number of nitrogens with one attached hydrogen (secondary N) is 1. The third kappa shape index (κ3) is 3.19. The summed E-state index contributed by atoms with van der Waals surface area (Å²) < 4.78 is 0. The van der Waals surface area contributed by atoms with E-state index in [1.807, 2.05) is 7.05 Å².